The van der Waals surface area contributed by atoms with Crippen LogP contribution in [0.5, 0.6) is 5.75 Å². The van der Waals surface area contributed by atoms with Crippen molar-refractivity contribution in [3.05, 3.63) is 39.6 Å². The highest BCUT2D eigenvalue weighted by Gasteiger charge is 2.38. The number of benzene rings is 1. The van der Waals surface area contributed by atoms with Gasteiger partial charge in [0.1, 0.15) is 18.1 Å². The molecule has 2 heterocycles. The maximum absolute atomic E-state index is 12.0. The molecule has 1 aromatic rings. The molecule has 0 aliphatic carbocycles. The Bertz CT molecular complexity index is 919. The quantitative estimate of drug-likeness (QED) is 0.330. The highest BCUT2D eigenvalue weighted by atomic mass is 16.6. The van der Waals surface area contributed by atoms with Crippen LogP contribution in [0, 0.1) is 10.1 Å². The predicted molar refractivity (Wildman–Crippen MR) is 100.0 cm³/mol. The third-order valence-electron chi connectivity index (χ3n) is 4.34. The second-order valence-corrected chi connectivity index (χ2v) is 7.54. The molecule has 2 saturated heterocycles. The van der Waals surface area contributed by atoms with Crippen molar-refractivity contribution in [3.8, 4) is 5.75 Å². The number of nitro groups is 1. The Morgan fingerprint density at radius 3 is 2.59 bits per heavy atom. The van der Waals surface area contributed by atoms with E-state index in [1.54, 1.807) is 4.90 Å². The number of nitro benzene ring substituents is 1. The van der Waals surface area contributed by atoms with Gasteiger partial charge in [0.05, 0.1) is 17.0 Å². The van der Waals surface area contributed by atoms with Gasteiger partial charge >= 0.3 is 12.1 Å². The molecule has 11 heteroatoms. The predicted octanol–water partition coefficient (Wildman–Crippen LogP) is 1.77. The van der Waals surface area contributed by atoms with E-state index in [0.29, 0.717) is 6.54 Å². The van der Waals surface area contributed by atoms with Crippen LogP contribution in [0.1, 0.15) is 26.3 Å². The zero-order chi connectivity index (χ0) is 21.3. The Morgan fingerprint density at radius 2 is 2.03 bits per heavy atom. The van der Waals surface area contributed by atoms with Gasteiger partial charge in [0.2, 0.25) is 0 Å². The minimum atomic E-state index is -0.706. The molecule has 3 rings (SSSR count). The standard InChI is InChI=1S/C18H20N4O7/c1-18(2,3)21-8-12(29-17(21)25)9-28-11-4-5-14(22(26)27)10(6-11)7-13-15(23)20-16(24)19-13/h4-7,12H,8-9H2,1-3H3,(H2,19,20,23,24)/b13-7+. The second kappa shape index (κ2) is 7.41. The number of carbonyl (C=O) groups excluding carboxylic acids is 3. The van der Waals surface area contributed by atoms with Gasteiger partial charge in [-0.3, -0.25) is 25.1 Å². The van der Waals surface area contributed by atoms with Gasteiger partial charge in [0.15, 0.2) is 6.10 Å². The van der Waals surface area contributed by atoms with Crippen LogP contribution in [0.25, 0.3) is 6.08 Å². The van der Waals surface area contributed by atoms with E-state index in [0.717, 1.165) is 0 Å². The summed E-state index contributed by atoms with van der Waals surface area (Å²) in [7, 11) is 0. The normalized spacial score (nSPS) is 20.5. The van der Waals surface area contributed by atoms with Crippen molar-refractivity contribution >= 4 is 29.8 Å². The summed E-state index contributed by atoms with van der Waals surface area (Å²) < 4.78 is 10.9. The number of rotatable bonds is 5. The van der Waals surface area contributed by atoms with Gasteiger partial charge in [-0.2, -0.15) is 0 Å². The van der Waals surface area contributed by atoms with Gasteiger partial charge < -0.3 is 14.8 Å². The van der Waals surface area contributed by atoms with E-state index in [1.807, 2.05) is 26.1 Å². The van der Waals surface area contributed by atoms with E-state index in [2.05, 4.69) is 5.32 Å². The Hall–Kier alpha value is -3.63. The lowest BCUT2D eigenvalue weighted by Gasteiger charge is -2.29. The topological polar surface area (TPSA) is 140 Å². The SMILES string of the molecule is CC(C)(C)N1CC(COc2ccc([N+](=O)[O-])c(/C=C3/NC(=O)NC3=O)c2)OC1=O. The smallest absolute Gasteiger partial charge is 0.410 e. The first-order valence-electron chi connectivity index (χ1n) is 8.78. The van der Waals surface area contributed by atoms with E-state index in [4.69, 9.17) is 9.47 Å². The third-order valence-corrected chi connectivity index (χ3v) is 4.34. The van der Waals surface area contributed by atoms with Crippen molar-refractivity contribution in [3.63, 3.8) is 0 Å². The van der Waals surface area contributed by atoms with Gasteiger partial charge in [0.25, 0.3) is 11.6 Å². The van der Waals surface area contributed by atoms with Gasteiger partial charge in [0, 0.05) is 11.6 Å². The van der Waals surface area contributed by atoms with E-state index in [9.17, 15) is 24.5 Å². The third kappa shape index (κ3) is 4.45. The summed E-state index contributed by atoms with van der Waals surface area (Å²) in [6.45, 7) is 6.10. The fourth-order valence-electron chi connectivity index (χ4n) is 2.89. The van der Waals surface area contributed by atoms with Gasteiger partial charge in [-0.15, -0.1) is 0 Å². The number of nitrogens with zero attached hydrogens (tertiary/aromatic N) is 2. The Kier molecular flexibility index (Phi) is 5.14. The lowest BCUT2D eigenvalue weighted by atomic mass is 10.1. The van der Waals surface area contributed by atoms with Crippen LogP contribution < -0.4 is 15.4 Å². The number of nitrogens with one attached hydrogen (secondary N) is 2. The average Bonchev–Trinajstić information content (AvgIpc) is 3.14. The van der Waals surface area contributed by atoms with Crippen molar-refractivity contribution < 1.29 is 28.8 Å². The number of carbonyl (C=O) groups is 3. The first-order chi connectivity index (χ1) is 13.5. The largest absolute Gasteiger partial charge is 0.490 e. The average molecular weight is 404 g/mol. The molecule has 0 radical (unpaired) electrons. The number of urea groups is 1. The lowest BCUT2D eigenvalue weighted by molar-refractivity contribution is -0.385. The van der Waals surface area contributed by atoms with Gasteiger partial charge in [-0.1, -0.05) is 0 Å². The zero-order valence-corrected chi connectivity index (χ0v) is 16.1. The number of hydrogen-bond acceptors (Lipinski definition) is 7. The van der Waals surface area contributed by atoms with Crippen LogP contribution in [0.2, 0.25) is 0 Å². The summed E-state index contributed by atoms with van der Waals surface area (Å²) in [6.07, 6.45) is 0.282. The molecular formula is C18H20N4O7. The maximum Gasteiger partial charge on any atom is 0.410 e. The second-order valence-electron chi connectivity index (χ2n) is 7.54. The van der Waals surface area contributed by atoms with Crippen molar-refractivity contribution in [2.24, 2.45) is 0 Å². The number of hydrogen-bond donors (Lipinski definition) is 2. The molecule has 1 unspecified atom stereocenters. The Labute approximate surface area is 165 Å². The number of cyclic esters (lactones) is 1. The first kappa shape index (κ1) is 20.1. The molecule has 2 aliphatic rings. The van der Waals surface area contributed by atoms with Crippen LogP contribution >= 0.6 is 0 Å². The summed E-state index contributed by atoms with van der Waals surface area (Å²) in [5, 5.41) is 15.6. The van der Waals surface area contributed by atoms with E-state index >= 15 is 0 Å². The fourth-order valence-corrected chi connectivity index (χ4v) is 2.89. The van der Waals surface area contributed by atoms with E-state index in [1.165, 1.54) is 24.3 Å². The molecule has 29 heavy (non-hydrogen) atoms. The summed E-state index contributed by atoms with van der Waals surface area (Å²) in [4.78, 5) is 47.1. The van der Waals surface area contributed by atoms with Gasteiger partial charge in [-0.05, 0) is 39.0 Å². The van der Waals surface area contributed by atoms with Crippen LogP contribution in [-0.4, -0.2) is 52.6 Å². The molecule has 0 aromatic heterocycles. The molecule has 1 atom stereocenters. The molecule has 0 bridgehead atoms. The molecule has 2 fully saturated rings. The molecule has 1 aromatic carbocycles. The number of ether oxygens (including phenoxy) is 2. The highest BCUT2D eigenvalue weighted by molar-refractivity contribution is 6.14. The number of amides is 4. The van der Waals surface area contributed by atoms with Crippen LogP contribution in [-0.2, 0) is 9.53 Å². The fraction of sp³-hybridized carbons (Fsp3) is 0.389. The van der Waals surface area contributed by atoms with Crippen molar-refractivity contribution in [1.29, 1.82) is 0 Å². The molecule has 0 spiro atoms. The summed E-state index contributed by atoms with van der Waals surface area (Å²) in [5.41, 5.74) is -0.671. The molecule has 154 valence electrons. The molecule has 2 N–H and O–H groups in total. The molecule has 0 saturated carbocycles. The minimum absolute atomic E-state index is 0.0589. The first-order valence-corrected chi connectivity index (χ1v) is 8.78. The van der Waals surface area contributed by atoms with Crippen molar-refractivity contribution in [1.82, 2.24) is 15.5 Å². The van der Waals surface area contributed by atoms with Crippen LogP contribution in [0.3, 0.4) is 0 Å². The zero-order valence-electron chi connectivity index (χ0n) is 16.1. The molecular weight excluding hydrogens is 384 g/mol. The van der Waals surface area contributed by atoms with Crippen molar-refractivity contribution in [2.45, 2.75) is 32.4 Å². The Balaban J connectivity index is 1.75. The summed E-state index contributed by atoms with van der Waals surface area (Å²) >= 11 is 0. The summed E-state index contributed by atoms with van der Waals surface area (Å²) in [5.74, 6) is -0.395. The number of imide groups is 1. The molecule has 4 amide bonds. The van der Waals surface area contributed by atoms with Gasteiger partial charge in [-0.25, -0.2) is 9.59 Å². The minimum Gasteiger partial charge on any atom is -0.490 e. The highest BCUT2D eigenvalue weighted by Crippen LogP contribution is 2.28. The molecule has 11 nitrogen and oxygen atoms in total. The maximum atomic E-state index is 12.0. The van der Waals surface area contributed by atoms with Crippen LogP contribution in [0.15, 0.2) is 23.9 Å². The van der Waals surface area contributed by atoms with E-state index < -0.39 is 29.1 Å². The lowest BCUT2D eigenvalue weighted by Crippen LogP contribution is -2.42. The molecule has 2 aliphatic heterocycles. The summed E-state index contributed by atoms with van der Waals surface area (Å²) in [6, 6.07) is 3.31. The monoisotopic (exact) mass is 404 g/mol. The van der Waals surface area contributed by atoms with Crippen LogP contribution in [0.4, 0.5) is 15.3 Å². The van der Waals surface area contributed by atoms with E-state index in [-0.39, 0.29) is 34.8 Å². The van der Waals surface area contributed by atoms with Crippen molar-refractivity contribution in [2.75, 3.05) is 13.2 Å². The Morgan fingerprint density at radius 1 is 1.31 bits per heavy atom.